The van der Waals surface area contributed by atoms with Gasteiger partial charge in [0.25, 0.3) is 5.56 Å². The third-order valence-electron chi connectivity index (χ3n) is 4.65. The minimum absolute atomic E-state index is 0.00338. The number of aryl methyl sites for hydroxylation is 1. The highest BCUT2D eigenvalue weighted by Crippen LogP contribution is 2.24. The predicted octanol–water partition coefficient (Wildman–Crippen LogP) is 4.27. The SMILES string of the molecule is COC(=O)c1ccccc1NC(=O)CSc1nc2ccsc2c(=O)n1-c1cccc(C)c1. The first-order chi connectivity index (χ1) is 15.5. The van der Waals surface area contributed by atoms with Crippen molar-refractivity contribution in [3.8, 4) is 5.69 Å². The van der Waals surface area contributed by atoms with Gasteiger partial charge in [-0.15, -0.1) is 11.3 Å². The second kappa shape index (κ2) is 9.37. The van der Waals surface area contributed by atoms with Crippen molar-refractivity contribution in [3.63, 3.8) is 0 Å². The lowest BCUT2D eigenvalue weighted by atomic mass is 10.2. The van der Waals surface area contributed by atoms with Crippen LogP contribution in [-0.4, -0.2) is 34.3 Å². The van der Waals surface area contributed by atoms with E-state index >= 15 is 0 Å². The maximum absolute atomic E-state index is 13.2. The van der Waals surface area contributed by atoms with Crippen LogP contribution >= 0.6 is 23.1 Å². The topological polar surface area (TPSA) is 90.3 Å². The van der Waals surface area contributed by atoms with Crippen LogP contribution in [0.3, 0.4) is 0 Å². The number of para-hydroxylation sites is 1. The van der Waals surface area contributed by atoms with Gasteiger partial charge in [0.15, 0.2) is 5.16 Å². The Labute approximate surface area is 192 Å². The van der Waals surface area contributed by atoms with Crippen LogP contribution in [0.25, 0.3) is 15.9 Å². The molecular formula is C23H19N3O4S2. The fraction of sp³-hybridized carbons (Fsp3) is 0.130. The average Bonchev–Trinajstić information content (AvgIpc) is 3.26. The average molecular weight is 466 g/mol. The molecule has 2 heterocycles. The lowest BCUT2D eigenvalue weighted by molar-refractivity contribution is -0.113. The first kappa shape index (κ1) is 21.8. The van der Waals surface area contributed by atoms with E-state index in [1.165, 1.54) is 23.0 Å². The van der Waals surface area contributed by atoms with Crippen molar-refractivity contribution in [2.75, 3.05) is 18.2 Å². The number of methoxy groups -OCH3 is 1. The molecule has 0 atom stereocenters. The van der Waals surface area contributed by atoms with Gasteiger partial charge in [-0.2, -0.15) is 0 Å². The number of benzene rings is 2. The van der Waals surface area contributed by atoms with Crippen LogP contribution in [0.4, 0.5) is 5.69 Å². The van der Waals surface area contributed by atoms with Crippen molar-refractivity contribution >= 4 is 50.9 Å². The quantitative estimate of drug-likeness (QED) is 0.260. The van der Waals surface area contributed by atoms with E-state index in [-0.39, 0.29) is 22.8 Å². The minimum atomic E-state index is -0.536. The molecule has 1 N–H and O–H groups in total. The van der Waals surface area contributed by atoms with Crippen molar-refractivity contribution in [1.82, 2.24) is 9.55 Å². The summed E-state index contributed by atoms with van der Waals surface area (Å²) in [7, 11) is 1.29. The van der Waals surface area contributed by atoms with Gasteiger partial charge in [-0.05, 0) is 48.2 Å². The molecule has 1 amide bonds. The molecule has 162 valence electrons. The van der Waals surface area contributed by atoms with Gasteiger partial charge in [0.05, 0.1) is 35.3 Å². The van der Waals surface area contributed by atoms with Gasteiger partial charge in [0, 0.05) is 0 Å². The number of nitrogens with zero attached hydrogens (tertiary/aromatic N) is 2. The van der Waals surface area contributed by atoms with Gasteiger partial charge in [0.2, 0.25) is 5.91 Å². The molecule has 4 rings (SSSR count). The summed E-state index contributed by atoms with van der Waals surface area (Å²) in [5.74, 6) is -0.864. The van der Waals surface area contributed by atoms with Gasteiger partial charge in [-0.1, -0.05) is 36.0 Å². The van der Waals surface area contributed by atoms with Crippen LogP contribution in [0.1, 0.15) is 15.9 Å². The number of amides is 1. The van der Waals surface area contributed by atoms with Crippen LogP contribution in [0.2, 0.25) is 0 Å². The highest BCUT2D eigenvalue weighted by atomic mass is 32.2. The van der Waals surface area contributed by atoms with Crippen LogP contribution in [0.15, 0.2) is 69.9 Å². The summed E-state index contributed by atoms with van der Waals surface area (Å²) in [4.78, 5) is 42.4. The van der Waals surface area contributed by atoms with E-state index in [4.69, 9.17) is 4.74 Å². The first-order valence-electron chi connectivity index (χ1n) is 9.65. The molecule has 7 nitrogen and oxygen atoms in total. The molecule has 0 fully saturated rings. The van der Waals surface area contributed by atoms with Crippen molar-refractivity contribution in [2.45, 2.75) is 12.1 Å². The number of carbonyl (C=O) groups is 2. The van der Waals surface area contributed by atoms with Gasteiger partial charge in [-0.25, -0.2) is 9.78 Å². The highest BCUT2D eigenvalue weighted by Gasteiger charge is 2.17. The Morgan fingerprint density at radius 3 is 2.75 bits per heavy atom. The Bertz CT molecular complexity index is 1380. The fourth-order valence-electron chi connectivity index (χ4n) is 3.18. The summed E-state index contributed by atoms with van der Waals surface area (Å²) >= 11 is 2.50. The number of anilines is 1. The summed E-state index contributed by atoms with van der Waals surface area (Å²) in [6.45, 7) is 1.95. The molecular weight excluding hydrogens is 446 g/mol. The number of thioether (sulfide) groups is 1. The minimum Gasteiger partial charge on any atom is -0.465 e. The number of aromatic nitrogens is 2. The second-order valence-electron chi connectivity index (χ2n) is 6.88. The molecule has 0 radical (unpaired) electrons. The van der Waals surface area contributed by atoms with Crippen molar-refractivity contribution < 1.29 is 14.3 Å². The maximum atomic E-state index is 13.2. The summed E-state index contributed by atoms with van der Waals surface area (Å²) in [6, 6.07) is 16.0. The van der Waals surface area contributed by atoms with E-state index in [1.807, 2.05) is 36.6 Å². The normalized spacial score (nSPS) is 10.8. The zero-order chi connectivity index (χ0) is 22.7. The van der Waals surface area contributed by atoms with Crippen LogP contribution in [0.5, 0.6) is 0 Å². The molecule has 0 aliphatic heterocycles. The number of hydrogen-bond acceptors (Lipinski definition) is 7. The van der Waals surface area contributed by atoms with Crippen molar-refractivity contribution in [2.24, 2.45) is 0 Å². The number of carbonyl (C=O) groups excluding carboxylic acids is 2. The lowest BCUT2D eigenvalue weighted by Gasteiger charge is -2.13. The summed E-state index contributed by atoms with van der Waals surface area (Å²) in [5.41, 5.74) is 2.76. The second-order valence-corrected chi connectivity index (χ2v) is 8.74. The first-order valence-corrected chi connectivity index (χ1v) is 11.5. The Morgan fingerprint density at radius 2 is 1.97 bits per heavy atom. The van der Waals surface area contributed by atoms with E-state index in [0.717, 1.165) is 17.3 Å². The number of rotatable bonds is 6. The Kier molecular flexibility index (Phi) is 6.38. The largest absolute Gasteiger partial charge is 0.465 e. The van der Waals surface area contributed by atoms with Crippen molar-refractivity contribution in [3.05, 3.63) is 81.5 Å². The van der Waals surface area contributed by atoms with Crippen molar-refractivity contribution in [1.29, 1.82) is 0 Å². The zero-order valence-electron chi connectivity index (χ0n) is 17.3. The number of fused-ring (bicyclic) bond motifs is 1. The molecule has 0 spiro atoms. The van der Waals surface area contributed by atoms with Gasteiger partial charge < -0.3 is 10.1 Å². The van der Waals surface area contributed by atoms with Gasteiger partial charge in [0.1, 0.15) is 4.70 Å². The summed E-state index contributed by atoms with van der Waals surface area (Å²) < 4.78 is 6.86. The molecule has 2 aromatic carbocycles. The Balaban J connectivity index is 1.63. The summed E-state index contributed by atoms with van der Waals surface area (Å²) in [5, 5.41) is 4.98. The molecule has 0 bridgehead atoms. The smallest absolute Gasteiger partial charge is 0.339 e. The molecule has 32 heavy (non-hydrogen) atoms. The van der Waals surface area contributed by atoms with Crippen LogP contribution < -0.4 is 10.9 Å². The van der Waals surface area contributed by atoms with E-state index in [0.29, 0.717) is 26.7 Å². The van der Waals surface area contributed by atoms with E-state index in [2.05, 4.69) is 10.3 Å². The molecule has 9 heteroatoms. The third kappa shape index (κ3) is 4.44. The Hall–Kier alpha value is -3.43. The predicted molar refractivity (Wildman–Crippen MR) is 127 cm³/mol. The molecule has 0 aliphatic rings. The number of ether oxygens (including phenoxy) is 1. The fourth-order valence-corrected chi connectivity index (χ4v) is 4.75. The van der Waals surface area contributed by atoms with Gasteiger partial charge in [-0.3, -0.25) is 14.2 Å². The summed E-state index contributed by atoms with van der Waals surface area (Å²) in [6.07, 6.45) is 0. The number of esters is 1. The molecule has 0 saturated heterocycles. The molecule has 0 unspecified atom stereocenters. The highest BCUT2D eigenvalue weighted by molar-refractivity contribution is 7.99. The maximum Gasteiger partial charge on any atom is 0.339 e. The van der Waals surface area contributed by atoms with Crippen LogP contribution in [0, 0.1) is 6.92 Å². The molecule has 2 aromatic heterocycles. The van der Waals surface area contributed by atoms with E-state index < -0.39 is 5.97 Å². The number of hydrogen-bond donors (Lipinski definition) is 1. The molecule has 4 aromatic rings. The molecule has 0 aliphatic carbocycles. The number of thiophene rings is 1. The monoisotopic (exact) mass is 465 g/mol. The Morgan fingerprint density at radius 1 is 1.16 bits per heavy atom. The van der Waals surface area contributed by atoms with E-state index in [1.54, 1.807) is 30.3 Å². The zero-order valence-corrected chi connectivity index (χ0v) is 19.0. The molecule has 0 saturated carbocycles. The third-order valence-corrected chi connectivity index (χ3v) is 6.48. The standard InChI is InChI=1S/C23H19N3O4S2/c1-14-6-5-7-15(12-14)26-21(28)20-18(10-11-31-20)25-23(26)32-13-19(27)24-17-9-4-3-8-16(17)22(29)30-2/h3-12H,13H2,1-2H3,(H,24,27). The van der Waals surface area contributed by atoms with E-state index in [9.17, 15) is 14.4 Å². The van der Waals surface area contributed by atoms with Gasteiger partial charge >= 0.3 is 5.97 Å². The van der Waals surface area contributed by atoms with Crippen LogP contribution in [-0.2, 0) is 9.53 Å². The number of nitrogens with one attached hydrogen (secondary N) is 1. The lowest BCUT2D eigenvalue weighted by Crippen LogP contribution is -2.22.